The van der Waals surface area contributed by atoms with Gasteiger partial charge >= 0.3 is 6.61 Å². The van der Waals surface area contributed by atoms with Gasteiger partial charge in [-0.05, 0) is 19.9 Å². The van der Waals surface area contributed by atoms with Crippen LogP contribution in [0.4, 0.5) is 13.2 Å². The second kappa shape index (κ2) is 6.83. The van der Waals surface area contributed by atoms with Crippen LogP contribution in [0.3, 0.4) is 0 Å². The van der Waals surface area contributed by atoms with Crippen LogP contribution < -0.4 is 10.1 Å². The molecule has 0 radical (unpaired) electrons. The molecule has 1 aromatic heterocycles. The molecule has 22 heavy (non-hydrogen) atoms. The number of aromatic nitrogens is 2. The summed E-state index contributed by atoms with van der Waals surface area (Å²) in [6.07, 6.45) is 3.59. The van der Waals surface area contributed by atoms with Gasteiger partial charge in [0.15, 0.2) is 0 Å². The summed E-state index contributed by atoms with van der Waals surface area (Å²) in [6, 6.07) is 3.29. The summed E-state index contributed by atoms with van der Waals surface area (Å²) in [5, 5.41) is 7.35. The standard InChI is InChI=1S/C15H18F3N3O/c1-9(11-7-19-21(3)8-11)20-10(2)13-5-4-12(16)6-14(13)22-15(17)18/h4-10,15,20H,1-3H3. The van der Waals surface area contributed by atoms with Gasteiger partial charge in [0.25, 0.3) is 0 Å². The van der Waals surface area contributed by atoms with Crippen molar-refractivity contribution in [3.8, 4) is 5.75 Å². The SMILES string of the molecule is CC(NC(C)c1ccc(F)cc1OC(F)F)c1cnn(C)c1. The van der Waals surface area contributed by atoms with E-state index in [2.05, 4.69) is 15.2 Å². The van der Waals surface area contributed by atoms with Crippen LogP contribution >= 0.6 is 0 Å². The number of rotatable bonds is 6. The molecule has 0 aliphatic rings. The predicted octanol–water partition coefficient (Wildman–Crippen LogP) is 3.57. The van der Waals surface area contributed by atoms with Crippen molar-refractivity contribution in [1.29, 1.82) is 0 Å². The Morgan fingerprint density at radius 3 is 2.55 bits per heavy atom. The van der Waals surface area contributed by atoms with Crippen LogP contribution in [0.25, 0.3) is 0 Å². The monoisotopic (exact) mass is 313 g/mol. The van der Waals surface area contributed by atoms with Crippen LogP contribution in [0, 0.1) is 5.82 Å². The van der Waals surface area contributed by atoms with Gasteiger partial charge in [0.1, 0.15) is 11.6 Å². The lowest BCUT2D eigenvalue weighted by atomic mass is 10.0. The zero-order valence-corrected chi connectivity index (χ0v) is 12.6. The van der Waals surface area contributed by atoms with E-state index < -0.39 is 12.4 Å². The van der Waals surface area contributed by atoms with Crippen LogP contribution in [-0.2, 0) is 7.05 Å². The third-order valence-electron chi connectivity index (χ3n) is 3.38. The topological polar surface area (TPSA) is 39.1 Å². The minimum absolute atomic E-state index is 0.0480. The molecule has 7 heteroatoms. The van der Waals surface area contributed by atoms with Crippen LogP contribution in [0.2, 0.25) is 0 Å². The van der Waals surface area contributed by atoms with Gasteiger partial charge in [-0.3, -0.25) is 4.68 Å². The molecule has 0 aliphatic heterocycles. The number of alkyl halides is 2. The van der Waals surface area contributed by atoms with Crippen molar-refractivity contribution in [3.63, 3.8) is 0 Å². The molecule has 2 unspecified atom stereocenters. The highest BCUT2D eigenvalue weighted by atomic mass is 19.3. The molecular formula is C15H18F3N3O. The Hall–Kier alpha value is -2.02. The summed E-state index contributed by atoms with van der Waals surface area (Å²) < 4.78 is 44.2. The highest BCUT2D eigenvalue weighted by Gasteiger charge is 2.18. The van der Waals surface area contributed by atoms with Crippen molar-refractivity contribution in [2.45, 2.75) is 32.5 Å². The van der Waals surface area contributed by atoms with Gasteiger partial charge in [0.2, 0.25) is 0 Å². The van der Waals surface area contributed by atoms with E-state index in [0.717, 1.165) is 11.6 Å². The number of nitrogens with one attached hydrogen (secondary N) is 1. The van der Waals surface area contributed by atoms with Gasteiger partial charge in [-0.15, -0.1) is 0 Å². The molecule has 0 amide bonds. The normalized spacial score (nSPS) is 14.1. The molecule has 0 bridgehead atoms. The fraction of sp³-hybridized carbons (Fsp3) is 0.400. The highest BCUT2D eigenvalue weighted by Crippen LogP contribution is 2.29. The Bertz CT molecular complexity index is 630. The molecular weight excluding hydrogens is 295 g/mol. The zero-order valence-electron chi connectivity index (χ0n) is 12.6. The summed E-state index contributed by atoms with van der Waals surface area (Å²) >= 11 is 0. The van der Waals surface area contributed by atoms with Crippen molar-refractivity contribution in [3.05, 3.63) is 47.5 Å². The molecule has 2 rings (SSSR count). The minimum Gasteiger partial charge on any atom is -0.434 e. The van der Waals surface area contributed by atoms with Crippen molar-refractivity contribution >= 4 is 0 Å². The summed E-state index contributed by atoms with van der Waals surface area (Å²) in [7, 11) is 1.81. The molecule has 0 aliphatic carbocycles. The van der Waals surface area contributed by atoms with E-state index in [4.69, 9.17) is 0 Å². The number of halogens is 3. The van der Waals surface area contributed by atoms with E-state index in [-0.39, 0.29) is 17.8 Å². The number of hydrogen-bond donors (Lipinski definition) is 1. The maximum atomic E-state index is 13.2. The lowest BCUT2D eigenvalue weighted by molar-refractivity contribution is -0.0508. The largest absolute Gasteiger partial charge is 0.434 e. The number of ether oxygens (including phenoxy) is 1. The Morgan fingerprint density at radius 2 is 1.95 bits per heavy atom. The zero-order chi connectivity index (χ0) is 16.3. The second-order valence-electron chi connectivity index (χ2n) is 5.12. The number of benzene rings is 1. The van der Waals surface area contributed by atoms with Crippen LogP contribution in [0.1, 0.15) is 37.1 Å². The molecule has 2 atom stereocenters. The lowest BCUT2D eigenvalue weighted by Gasteiger charge is -2.21. The quantitative estimate of drug-likeness (QED) is 0.886. The van der Waals surface area contributed by atoms with E-state index in [1.54, 1.807) is 17.8 Å². The summed E-state index contributed by atoms with van der Waals surface area (Å²) in [5.41, 5.74) is 1.44. The van der Waals surface area contributed by atoms with Crippen LogP contribution in [0.15, 0.2) is 30.6 Å². The third-order valence-corrected chi connectivity index (χ3v) is 3.38. The summed E-state index contributed by atoms with van der Waals surface area (Å²) in [4.78, 5) is 0. The van der Waals surface area contributed by atoms with Gasteiger partial charge in [0.05, 0.1) is 6.20 Å². The maximum absolute atomic E-state index is 13.2. The molecule has 0 fully saturated rings. The number of hydrogen-bond acceptors (Lipinski definition) is 3. The average Bonchev–Trinajstić information content (AvgIpc) is 2.84. The van der Waals surface area contributed by atoms with E-state index >= 15 is 0 Å². The number of aryl methyl sites for hydroxylation is 1. The fourth-order valence-electron chi connectivity index (χ4n) is 2.29. The van der Waals surface area contributed by atoms with Gasteiger partial charge in [-0.25, -0.2) is 4.39 Å². The molecule has 0 spiro atoms. The Kier molecular flexibility index (Phi) is 5.07. The van der Waals surface area contributed by atoms with E-state index in [0.29, 0.717) is 5.56 Å². The molecule has 0 saturated heterocycles. The smallest absolute Gasteiger partial charge is 0.387 e. The fourth-order valence-corrected chi connectivity index (χ4v) is 2.29. The third kappa shape index (κ3) is 4.00. The van der Waals surface area contributed by atoms with Crippen LogP contribution in [-0.4, -0.2) is 16.4 Å². The van der Waals surface area contributed by atoms with Gasteiger partial charge in [-0.1, -0.05) is 6.07 Å². The first-order chi connectivity index (χ1) is 10.4. The Labute approximate surface area is 126 Å². The molecule has 120 valence electrons. The van der Waals surface area contributed by atoms with E-state index in [1.165, 1.54) is 12.1 Å². The first kappa shape index (κ1) is 16.4. The van der Waals surface area contributed by atoms with Crippen molar-refractivity contribution < 1.29 is 17.9 Å². The molecule has 2 aromatic rings. The summed E-state index contributed by atoms with van der Waals surface area (Å²) in [5.74, 6) is -0.778. The van der Waals surface area contributed by atoms with E-state index in [9.17, 15) is 13.2 Å². The summed E-state index contributed by atoms with van der Waals surface area (Å²) in [6.45, 7) is 0.742. The average molecular weight is 313 g/mol. The molecule has 4 nitrogen and oxygen atoms in total. The molecule has 0 saturated carbocycles. The minimum atomic E-state index is -3.00. The first-order valence-electron chi connectivity index (χ1n) is 6.85. The first-order valence-corrected chi connectivity index (χ1v) is 6.85. The van der Waals surface area contributed by atoms with Crippen molar-refractivity contribution in [2.24, 2.45) is 7.05 Å². The number of nitrogens with zero attached hydrogens (tertiary/aromatic N) is 2. The Balaban J connectivity index is 2.16. The predicted molar refractivity (Wildman–Crippen MR) is 76.2 cm³/mol. The lowest BCUT2D eigenvalue weighted by Crippen LogP contribution is -2.23. The molecule has 1 aromatic carbocycles. The second-order valence-corrected chi connectivity index (χ2v) is 5.12. The van der Waals surface area contributed by atoms with Crippen LogP contribution in [0.5, 0.6) is 5.75 Å². The highest BCUT2D eigenvalue weighted by molar-refractivity contribution is 5.36. The maximum Gasteiger partial charge on any atom is 0.387 e. The molecule has 1 N–H and O–H groups in total. The molecule has 1 heterocycles. The van der Waals surface area contributed by atoms with Crippen molar-refractivity contribution in [2.75, 3.05) is 0 Å². The van der Waals surface area contributed by atoms with Gasteiger partial charge in [-0.2, -0.15) is 13.9 Å². The van der Waals surface area contributed by atoms with Crippen molar-refractivity contribution in [1.82, 2.24) is 15.1 Å². The Morgan fingerprint density at radius 1 is 1.23 bits per heavy atom. The van der Waals surface area contributed by atoms with Gasteiger partial charge < -0.3 is 10.1 Å². The van der Waals surface area contributed by atoms with Gasteiger partial charge in [0, 0.05) is 42.5 Å². The van der Waals surface area contributed by atoms with E-state index in [1.807, 2.05) is 20.2 Å².